The summed E-state index contributed by atoms with van der Waals surface area (Å²) in [4.78, 5) is 0. The van der Waals surface area contributed by atoms with Gasteiger partial charge in [-0.2, -0.15) is 0 Å². The van der Waals surface area contributed by atoms with E-state index < -0.39 is 16.3 Å². The van der Waals surface area contributed by atoms with Crippen LogP contribution in [-0.4, -0.2) is 26.5 Å². The van der Waals surface area contributed by atoms with Crippen LogP contribution in [0.1, 0.15) is 0 Å². The van der Waals surface area contributed by atoms with Crippen LogP contribution in [0.25, 0.3) is 0 Å². The Labute approximate surface area is 123 Å². The van der Waals surface area contributed by atoms with Crippen molar-refractivity contribution in [2.45, 2.75) is 0 Å². The lowest BCUT2D eigenvalue weighted by Crippen LogP contribution is -2.10. The van der Waals surface area contributed by atoms with Crippen LogP contribution in [0.3, 0.4) is 0 Å². The first kappa shape index (κ1) is 15.6. The third-order valence-corrected chi connectivity index (χ3v) is 7.28. The first-order valence-corrected chi connectivity index (χ1v) is 9.47. The van der Waals surface area contributed by atoms with E-state index in [0.717, 1.165) is 12.3 Å². The Morgan fingerprint density at radius 3 is 1.30 bits per heavy atom. The molecule has 2 atom stereocenters. The SMILES string of the molecule is COP(CCP(OC)c1ccccc1)c1ccccc1. The fourth-order valence-corrected chi connectivity index (χ4v) is 5.79. The molecule has 0 radical (unpaired) electrons. The van der Waals surface area contributed by atoms with Crippen LogP contribution >= 0.6 is 16.3 Å². The highest BCUT2D eigenvalue weighted by molar-refractivity contribution is 7.64. The smallest absolute Gasteiger partial charge is 0.0603 e. The number of hydrogen-bond acceptors (Lipinski definition) is 2. The summed E-state index contributed by atoms with van der Waals surface area (Å²) in [6.07, 6.45) is 2.06. The second-order valence-electron chi connectivity index (χ2n) is 4.24. The van der Waals surface area contributed by atoms with Gasteiger partial charge in [0.2, 0.25) is 0 Å². The minimum Gasteiger partial charge on any atom is -0.358 e. The van der Waals surface area contributed by atoms with E-state index in [1.54, 1.807) is 14.2 Å². The van der Waals surface area contributed by atoms with Crippen molar-refractivity contribution in [3.05, 3.63) is 60.7 Å². The van der Waals surface area contributed by atoms with E-state index in [1.807, 2.05) is 12.1 Å². The van der Waals surface area contributed by atoms with Crippen molar-refractivity contribution in [2.75, 3.05) is 26.5 Å². The Bertz CT molecular complexity index is 443. The van der Waals surface area contributed by atoms with Gasteiger partial charge < -0.3 is 9.05 Å². The van der Waals surface area contributed by atoms with Gasteiger partial charge in [-0.15, -0.1) is 0 Å². The normalized spacial score (nSPS) is 13.9. The summed E-state index contributed by atoms with van der Waals surface area (Å²) < 4.78 is 11.4. The quantitative estimate of drug-likeness (QED) is 0.726. The maximum absolute atomic E-state index is 5.69. The molecule has 0 aromatic heterocycles. The van der Waals surface area contributed by atoms with E-state index >= 15 is 0 Å². The molecule has 4 heteroatoms. The first-order chi connectivity index (χ1) is 9.85. The van der Waals surface area contributed by atoms with Gasteiger partial charge in [-0.1, -0.05) is 60.7 Å². The van der Waals surface area contributed by atoms with Crippen molar-refractivity contribution in [1.29, 1.82) is 0 Å². The van der Waals surface area contributed by atoms with Gasteiger partial charge in [0, 0.05) is 37.2 Å². The van der Waals surface area contributed by atoms with Gasteiger partial charge >= 0.3 is 0 Å². The average Bonchev–Trinajstić information content (AvgIpc) is 2.53. The lowest BCUT2D eigenvalue weighted by atomic mass is 10.4. The maximum Gasteiger partial charge on any atom is 0.0603 e. The number of hydrogen-bond donors (Lipinski definition) is 0. The van der Waals surface area contributed by atoms with Crippen LogP contribution in [0.4, 0.5) is 0 Å². The van der Waals surface area contributed by atoms with E-state index in [9.17, 15) is 0 Å². The summed E-state index contributed by atoms with van der Waals surface area (Å²) in [6.45, 7) is 0. The van der Waals surface area contributed by atoms with Crippen molar-refractivity contribution in [2.24, 2.45) is 0 Å². The molecule has 0 heterocycles. The zero-order valence-corrected chi connectivity index (χ0v) is 13.7. The number of rotatable bonds is 7. The molecular weight excluding hydrogens is 286 g/mol. The van der Waals surface area contributed by atoms with Crippen LogP contribution in [0.15, 0.2) is 60.7 Å². The molecule has 0 amide bonds. The molecule has 0 saturated carbocycles. The van der Waals surface area contributed by atoms with E-state index in [0.29, 0.717) is 0 Å². The van der Waals surface area contributed by atoms with E-state index in [-0.39, 0.29) is 0 Å². The summed E-state index contributed by atoms with van der Waals surface area (Å²) in [5.41, 5.74) is 0. The highest BCUT2D eigenvalue weighted by Crippen LogP contribution is 2.42. The molecule has 0 spiro atoms. The highest BCUT2D eigenvalue weighted by Gasteiger charge is 2.16. The van der Waals surface area contributed by atoms with E-state index in [1.165, 1.54) is 10.6 Å². The van der Waals surface area contributed by atoms with Gasteiger partial charge in [0.15, 0.2) is 0 Å². The Balaban J connectivity index is 1.99. The predicted octanol–water partition coefficient (Wildman–Crippen LogP) is 3.72. The maximum atomic E-state index is 5.69. The zero-order chi connectivity index (χ0) is 14.2. The molecule has 20 heavy (non-hydrogen) atoms. The van der Waals surface area contributed by atoms with Crippen molar-refractivity contribution in [1.82, 2.24) is 0 Å². The molecular formula is C16H20O2P2. The summed E-state index contributed by atoms with van der Waals surface area (Å²) in [5.74, 6) is 0. The molecule has 0 aliphatic rings. The largest absolute Gasteiger partial charge is 0.358 e. The van der Waals surface area contributed by atoms with E-state index in [4.69, 9.17) is 9.05 Å². The van der Waals surface area contributed by atoms with Gasteiger partial charge in [-0.3, -0.25) is 0 Å². The Hall–Kier alpha value is -0.780. The molecule has 2 rings (SSSR count). The minimum absolute atomic E-state index is 0.546. The topological polar surface area (TPSA) is 18.5 Å². The lowest BCUT2D eigenvalue weighted by Gasteiger charge is -2.20. The van der Waals surface area contributed by atoms with Crippen LogP contribution in [0.5, 0.6) is 0 Å². The van der Waals surface area contributed by atoms with Crippen molar-refractivity contribution in [3.63, 3.8) is 0 Å². The fourth-order valence-electron chi connectivity index (χ4n) is 2.02. The van der Waals surface area contributed by atoms with Gasteiger partial charge in [0.1, 0.15) is 0 Å². The van der Waals surface area contributed by atoms with Crippen molar-refractivity contribution >= 4 is 26.9 Å². The van der Waals surface area contributed by atoms with E-state index in [2.05, 4.69) is 48.5 Å². The average molecular weight is 306 g/mol. The van der Waals surface area contributed by atoms with Crippen LogP contribution < -0.4 is 10.6 Å². The molecule has 0 saturated heterocycles. The fraction of sp³-hybridized carbons (Fsp3) is 0.250. The summed E-state index contributed by atoms with van der Waals surface area (Å²) in [6, 6.07) is 20.9. The molecule has 0 fully saturated rings. The Morgan fingerprint density at radius 1 is 0.650 bits per heavy atom. The molecule has 2 aromatic carbocycles. The molecule has 0 N–H and O–H groups in total. The third kappa shape index (κ3) is 4.36. The third-order valence-electron chi connectivity index (χ3n) is 3.04. The summed E-state index contributed by atoms with van der Waals surface area (Å²) in [5, 5.41) is 2.59. The second-order valence-corrected chi connectivity index (χ2v) is 8.41. The number of benzene rings is 2. The van der Waals surface area contributed by atoms with Gasteiger partial charge in [0.25, 0.3) is 0 Å². The molecule has 106 valence electrons. The molecule has 0 aliphatic carbocycles. The highest BCUT2D eigenvalue weighted by atomic mass is 31.1. The first-order valence-electron chi connectivity index (χ1n) is 6.58. The van der Waals surface area contributed by atoms with Crippen molar-refractivity contribution < 1.29 is 9.05 Å². The lowest BCUT2D eigenvalue weighted by molar-refractivity contribution is 0.462. The van der Waals surface area contributed by atoms with Gasteiger partial charge in [-0.05, 0) is 0 Å². The standard InChI is InChI=1S/C16H20O2P2/c1-17-19(15-9-5-3-6-10-15)13-14-20(18-2)16-11-7-4-8-12-16/h3-12H,13-14H2,1-2H3. The van der Waals surface area contributed by atoms with Crippen LogP contribution in [0, 0.1) is 0 Å². The van der Waals surface area contributed by atoms with Gasteiger partial charge in [-0.25, -0.2) is 0 Å². The van der Waals surface area contributed by atoms with Crippen LogP contribution in [-0.2, 0) is 9.05 Å². The Morgan fingerprint density at radius 2 is 1.00 bits per heavy atom. The van der Waals surface area contributed by atoms with Gasteiger partial charge in [0.05, 0.1) is 16.3 Å². The van der Waals surface area contributed by atoms with Crippen LogP contribution in [0.2, 0.25) is 0 Å². The molecule has 2 unspecified atom stereocenters. The monoisotopic (exact) mass is 306 g/mol. The Kier molecular flexibility index (Phi) is 6.63. The molecule has 2 nitrogen and oxygen atoms in total. The summed E-state index contributed by atoms with van der Waals surface area (Å²) in [7, 11) is 2.51. The second kappa shape index (κ2) is 8.49. The minimum atomic E-state index is -0.546. The summed E-state index contributed by atoms with van der Waals surface area (Å²) >= 11 is 0. The predicted molar refractivity (Wildman–Crippen MR) is 89.7 cm³/mol. The molecule has 0 bridgehead atoms. The molecule has 0 aliphatic heterocycles. The van der Waals surface area contributed by atoms with Crippen molar-refractivity contribution in [3.8, 4) is 0 Å². The molecule has 2 aromatic rings. The zero-order valence-electron chi connectivity index (χ0n) is 11.9.